The first-order chi connectivity index (χ1) is 13.7. The van der Waals surface area contributed by atoms with E-state index in [0.29, 0.717) is 0 Å². The largest absolute Gasteiger partial charge is 0.276 e. The molecule has 6 nitrogen and oxygen atoms in total. The van der Waals surface area contributed by atoms with E-state index in [-0.39, 0.29) is 0 Å². The van der Waals surface area contributed by atoms with Gasteiger partial charge in [0, 0.05) is 37.0 Å². The van der Waals surface area contributed by atoms with Gasteiger partial charge in [-0.25, -0.2) is 0 Å². The van der Waals surface area contributed by atoms with Crippen molar-refractivity contribution in [1.82, 2.24) is 29.5 Å². The quantitative estimate of drug-likeness (QED) is 0.351. The third-order valence-electron chi connectivity index (χ3n) is 4.53. The average Bonchev–Trinajstić information content (AvgIpc) is 3.32. The molecule has 0 saturated heterocycles. The smallest absolute Gasteiger partial charge is 0.196 e. The van der Waals surface area contributed by atoms with E-state index in [1.54, 1.807) is 24.2 Å². The van der Waals surface area contributed by atoms with E-state index in [4.69, 9.17) is 0 Å². The Morgan fingerprint density at radius 3 is 2.61 bits per heavy atom. The number of thioether (sulfide) groups is 1. The van der Waals surface area contributed by atoms with Crippen molar-refractivity contribution in [1.29, 1.82) is 0 Å². The highest BCUT2D eigenvalue weighted by atomic mass is 32.2. The molecule has 0 radical (unpaired) electrons. The van der Waals surface area contributed by atoms with Crippen LogP contribution in [0.15, 0.2) is 66.3 Å². The lowest BCUT2D eigenvalue weighted by atomic mass is 10.2. The molecule has 0 unspecified atom stereocenters. The summed E-state index contributed by atoms with van der Waals surface area (Å²) in [6.45, 7) is 2.11. The van der Waals surface area contributed by atoms with Gasteiger partial charge in [0.2, 0.25) is 0 Å². The first-order valence-electron chi connectivity index (χ1n) is 9.24. The van der Waals surface area contributed by atoms with Crippen molar-refractivity contribution in [3.63, 3.8) is 0 Å². The van der Waals surface area contributed by atoms with Gasteiger partial charge in [-0.15, -0.1) is 10.2 Å². The maximum atomic E-state index is 4.50. The fourth-order valence-electron chi connectivity index (χ4n) is 3.12. The number of benzene rings is 1. The van der Waals surface area contributed by atoms with Gasteiger partial charge >= 0.3 is 0 Å². The Morgan fingerprint density at radius 2 is 1.86 bits per heavy atom. The molecule has 3 heterocycles. The van der Waals surface area contributed by atoms with Crippen LogP contribution in [-0.2, 0) is 13.5 Å². The molecule has 0 fully saturated rings. The number of aromatic nitrogens is 6. The molecule has 0 atom stereocenters. The maximum Gasteiger partial charge on any atom is 0.196 e. The zero-order chi connectivity index (χ0) is 19.3. The van der Waals surface area contributed by atoms with Gasteiger partial charge in [0.1, 0.15) is 0 Å². The molecule has 0 N–H and O–H groups in total. The Kier molecular flexibility index (Phi) is 5.53. The molecule has 0 amide bonds. The summed E-state index contributed by atoms with van der Waals surface area (Å²) in [4.78, 5) is 4.12. The molecule has 3 aromatic heterocycles. The van der Waals surface area contributed by atoms with Gasteiger partial charge in [-0.3, -0.25) is 14.2 Å². The van der Waals surface area contributed by atoms with Gasteiger partial charge in [0.05, 0.1) is 11.9 Å². The molecule has 0 aliphatic rings. The normalized spacial score (nSPS) is 11.1. The summed E-state index contributed by atoms with van der Waals surface area (Å²) in [6, 6.07) is 12.3. The molecule has 4 rings (SSSR count). The van der Waals surface area contributed by atoms with Gasteiger partial charge in [-0.05, 0) is 49.1 Å². The fourth-order valence-corrected chi connectivity index (χ4v) is 4.01. The van der Waals surface area contributed by atoms with Crippen LogP contribution in [-0.4, -0.2) is 35.3 Å². The lowest BCUT2D eigenvalue weighted by Crippen LogP contribution is -2.02. The third kappa shape index (κ3) is 3.99. The summed E-state index contributed by atoms with van der Waals surface area (Å²) >= 11 is 1.74. The molecule has 0 saturated carbocycles. The number of hydrogen-bond donors (Lipinski definition) is 0. The molecular formula is C21H22N6S. The summed E-state index contributed by atoms with van der Waals surface area (Å²) in [6.07, 6.45) is 9.64. The molecule has 0 aliphatic heterocycles. The third-order valence-corrected chi connectivity index (χ3v) is 5.54. The highest BCUT2D eigenvalue weighted by Gasteiger charge is 2.17. The van der Waals surface area contributed by atoms with Crippen LogP contribution in [0.4, 0.5) is 0 Å². The van der Waals surface area contributed by atoms with Crippen LogP contribution >= 0.6 is 11.8 Å². The Balaban J connectivity index is 1.58. The van der Waals surface area contributed by atoms with Crippen molar-refractivity contribution in [3.05, 3.63) is 72.3 Å². The van der Waals surface area contributed by atoms with Crippen LogP contribution in [0, 0.1) is 6.92 Å². The average molecular weight is 391 g/mol. The van der Waals surface area contributed by atoms with Crippen molar-refractivity contribution in [2.24, 2.45) is 7.05 Å². The van der Waals surface area contributed by atoms with E-state index in [0.717, 1.165) is 40.8 Å². The van der Waals surface area contributed by atoms with Crippen molar-refractivity contribution >= 4 is 11.8 Å². The van der Waals surface area contributed by atoms with E-state index >= 15 is 0 Å². The van der Waals surface area contributed by atoms with E-state index < -0.39 is 0 Å². The summed E-state index contributed by atoms with van der Waals surface area (Å²) in [7, 11) is 1.95. The van der Waals surface area contributed by atoms with Crippen LogP contribution in [0.2, 0.25) is 0 Å². The van der Waals surface area contributed by atoms with Gasteiger partial charge in [0.25, 0.3) is 0 Å². The van der Waals surface area contributed by atoms with Gasteiger partial charge in [-0.2, -0.15) is 5.10 Å². The SMILES string of the molecule is Cc1ccccc1-n1c(SCCCc2cnn(C)c2)nnc1-c1ccncc1. The van der Waals surface area contributed by atoms with E-state index in [9.17, 15) is 0 Å². The molecule has 0 aliphatic carbocycles. The maximum absolute atomic E-state index is 4.50. The molecular weight excluding hydrogens is 368 g/mol. The molecule has 142 valence electrons. The number of nitrogens with zero attached hydrogens (tertiary/aromatic N) is 6. The standard InChI is InChI=1S/C21H22N6S/c1-16-6-3-4-8-19(16)27-20(18-9-11-22-12-10-18)24-25-21(27)28-13-5-7-17-14-23-26(2)15-17/h3-4,6,8-12,14-15H,5,7,13H2,1-2H3. The van der Waals surface area contributed by atoms with Crippen molar-refractivity contribution < 1.29 is 0 Å². The van der Waals surface area contributed by atoms with Gasteiger partial charge < -0.3 is 0 Å². The zero-order valence-corrected chi connectivity index (χ0v) is 16.8. The van der Waals surface area contributed by atoms with Crippen LogP contribution in [0.1, 0.15) is 17.5 Å². The van der Waals surface area contributed by atoms with E-state index in [1.807, 2.05) is 30.1 Å². The summed E-state index contributed by atoms with van der Waals surface area (Å²) < 4.78 is 4.00. The second-order valence-corrected chi connectivity index (χ2v) is 7.70. The highest BCUT2D eigenvalue weighted by molar-refractivity contribution is 7.99. The van der Waals surface area contributed by atoms with Crippen molar-refractivity contribution in [2.45, 2.75) is 24.9 Å². The first-order valence-corrected chi connectivity index (χ1v) is 10.2. The predicted molar refractivity (Wildman–Crippen MR) is 112 cm³/mol. The second kappa shape index (κ2) is 8.39. The van der Waals surface area contributed by atoms with Crippen LogP contribution in [0.5, 0.6) is 0 Å². The van der Waals surface area contributed by atoms with E-state index in [1.165, 1.54) is 11.1 Å². The number of aryl methyl sites for hydroxylation is 3. The fraction of sp³-hybridized carbons (Fsp3) is 0.238. The molecule has 0 bridgehead atoms. The molecule has 28 heavy (non-hydrogen) atoms. The first kappa shape index (κ1) is 18.4. The monoisotopic (exact) mass is 390 g/mol. The van der Waals surface area contributed by atoms with Gasteiger partial charge in [0.15, 0.2) is 11.0 Å². The lowest BCUT2D eigenvalue weighted by molar-refractivity contribution is 0.766. The summed E-state index contributed by atoms with van der Waals surface area (Å²) in [5, 5.41) is 14.1. The van der Waals surface area contributed by atoms with E-state index in [2.05, 4.69) is 62.2 Å². The molecule has 4 aromatic rings. The Hall–Kier alpha value is -2.93. The summed E-state index contributed by atoms with van der Waals surface area (Å²) in [5.41, 5.74) is 4.57. The number of rotatable bonds is 7. The zero-order valence-electron chi connectivity index (χ0n) is 16.0. The van der Waals surface area contributed by atoms with Crippen molar-refractivity contribution in [2.75, 3.05) is 5.75 Å². The van der Waals surface area contributed by atoms with Crippen molar-refractivity contribution in [3.8, 4) is 17.1 Å². The Bertz CT molecular complexity index is 1050. The molecule has 7 heteroatoms. The minimum Gasteiger partial charge on any atom is -0.276 e. The highest BCUT2D eigenvalue weighted by Crippen LogP contribution is 2.29. The lowest BCUT2D eigenvalue weighted by Gasteiger charge is -2.12. The predicted octanol–water partition coefficient (Wildman–Crippen LogP) is 4.10. The van der Waals surface area contributed by atoms with Crippen LogP contribution in [0.3, 0.4) is 0 Å². The minimum absolute atomic E-state index is 0.839. The Morgan fingerprint density at radius 1 is 1.04 bits per heavy atom. The molecule has 1 aromatic carbocycles. The number of hydrogen-bond acceptors (Lipinski definition) is 5. The second-order valence-electron chi connectivity index (χ2n) is 6.64. The van der Waals surface area contributed by atoms with Crippen LogP contribution in [0.25, 0.3) is 17.1 Å². The topological polar surface area (TPSA) is 61.4 Å². The minimum atomic E-state index is 0.839. The Labute approximate surface area is 168 Å². The van der Waals surface area contributed by atoms with Crippen LogP contribution < -0.4 is 0 Å². The summed E-state index contributed by atoms with van der Waals surface area (Å²) in [5.74, 6) is 1.81. The number of pyridine rings is 1. The van der Waals surface area contributed by atoms with Gasteiger partial charge in [-0.1, -0.05) is 30.0 Å². The molecule has 0 spiro atoms. The number of para-hydroxylation sites is 1.